The zero-order valence-electron chi connectivity index (χ0n) is 10.3. The second-order valence-corrected chi connectivity index (χ2v) is 4.44. The molecule has 0 saturated heterocycles. The molecule has 0 radical (unpaired) electrons. The Hall–Kier alpha value is -2.28. The number of halogens is 4. The summed E-state index contributed by atoms with van der Waals surface area (Å²) in [4.78, 5) is 9.61. The first-order valence-corrected chi connectivity index (χ1v) is 5.96. The van der Waals surface area contributed by atoms with E-state index >= 15 is 0 Å². The van der Waals surface area contributed by atoms with Gasteiger partial charge in [0.05, 0.1) is 9.95 Å². The molecule has 2 rings (SSSR count). The Kier molecular flexibility index (Phi) is 4.32. The molecule has 4 nitrogen and oxygen atoms in total. The first kappa shape index (κ1) is 15.1. The van der Waals surface area contributed by atoms with Gasteiger partial charge in [0.2, 0.25) is 5.82 Å². The lowest BCUT2D eigenvalue weighted by atomic mass is 10.2. The average molecular weight is 318 g/mol. The lowest BCUT2D eigenvalue weighted by molar-refractivity contribution is -0.387. The van der Waals surface area contributed by atoms with Crippen molar-refractivity contribution in [2.75, 3.05) is 0 Å². The predicted octanol–water partition coefficient (Wildman–Crippen LogP) is 4.24. The third kappa shape index (κ3) is 3.43. The van der Waals surface area contributed by atoms with Gasteiger partial charge in [-0.2, -0.15) is 4.39 Å². The van der Waals surface area contributed by atoms with Crippen LogP contribution in [0.5, 0.6) is 5.75 Å². The molecule has 0 aromatic heterocycles. The highest BCUT2D eigenvalue weighted by Gasteiger charge is 2.18. The van der Waals surface area contributed by atoms with E-state index in [1.165, 1.54) is 6.07 Å². The van der Waals surface area contributed by atoms with Gasteiger partial charge >= 0.3 is 5.69 Å². The Morgan fingerprint density at radius 3 is 2.43 bits per heavy atom. The second-order valence-electron chi connectivity index (χ2n) is 4.03. The lowest BCUT2D eigenvalue weighted by Crippen LogP contribution is -1.99. The van der Waals surface area contributed by atoms with Crippen LogP contribution in [0.4, 0.5) is 18.9 Å². The van der Waals surface area contributed by atoms with Gasteiger partial charge in [0.15, 0.2) is 11.6 Å². The Labute approximate surface area is 121 Å². The number of benzene rings is 2. The van der Waals surface area contributed by atoms with Crippen LogP contribution in [0.1, 0.15) is 5.56 Å². The van der Waals surface area contributed by atoms with Gasteiger partial charge in [0.1, 0.15) is 12.4 Å². The molecule has 2 aromatic carbocycles. The van der Waals surface area contributed by atoms with Gasteiger partial charge in [-0.1, -0.05) is 17.7 Å². The fourth-order valence-electron chi connectivity index (χ4n) is 1.56. The normalized spacial score (nSPS) is 10.5. The smallest absolute Gasteiger partial charge is 0.306 e. The maximum Gasteiger partial charge on any atom is 0.306 e. The van der Waals surface area contributed by atoms with Crippen LogP contribution in [0.15, 0.2) is 30.3 Å². The van der Waals surface area contributed by atoms with Crippen LogP contribution in [0.25, 0.3) is 0 Å². The minimum atomic E-state index is -1.11. The molecule has 0 aliphatic carbocycles. The van der Waals surface area contributed by atoms with Crippen molar-refractivity contribution in [1.29, 1.82) is 0 Å². The van der Waals surface area contributed by atoms with Crippen LogP contribution >= 0.6 is 11.6 Å². The molecule has 21 heavy (non-hydrogen) atoms. The minimum Gasteiger partial charge on any atom is -0.487 e. The highest BCUT2D eigenvalue weighted by molar-refractivity contribution is 6.32. The zero-order valence-corrected chi connectivity index (χ0v) is 11.0. The summed E-state index contributed by atoms with van der Waals surface area (Å²) in [5.41, 5.74) is -0.482. The summed E-state index contributed by atoms with van der Waals surface area (Å²) in [6.07, 6.45) is 0. The van der Waals surface area contributed by atoms with E-state index in [4.69, 9.17) is 16.3 Å². The largest absolute Gasteiger partial charge is 0.487 e. The standard InChI is InChI=1S/C13H7ClF3NO3/c14-8-4-12(18(19)20)11(17)5-13(8)21-6-7-1-2-9(15)10(16)3-7/h1-5H,6H2. The summed E-state index contributed by atoms with van der Waals surface area (Å²) in [5, 5.41) is 10.4. The first-order chi connectivity index (χ1) is 9.88. The van der Waals surface area contributed by atoms with E-state index < -0.39 is 28.1 Å². The van der Waals surface area contributed by atoms with Crippen molar-refractivity contribution in [3.05, 3.63) is 68.5 Å². The molecular formula is C13H7ClF3NO3. The number of nitro groups is 1. The number of ether oxygens (including phenoxy) is 1. The van der Waals surface area contributed by atoms with Gasteiger partial charge in [-0.15, -0.1) is 0 Å². The zero-order chi connectivity index (χ0) is 15.6. The van der Waals surface area contributed by atoms with Crippen molar-refractivity contribution >= 4 is 17.3 Å². The van der Waals surface area contributed by atoms with Gasteiger partial charge in [0, 0.05) is 12.1 Å². The van der Waals surface area contributed by atoms with E-state index in [0.29, 0.717) is 5.56 Å². The maximum atomic E-state index is 13.4. The van der Waals surface area contributed by atoms with Gasteiger partial charge < -0.3 is 4.74 Å². The Morgan fingerprint density at radius 1 is 1.10 bits per heavy atom. The minimum absolute atomic E-state index is 0.135. The Morgan fingerprint density at radius 2 is 1.81 bits per heavy atom. The van der Waals surface area contributed by atoms with Crippen LogP contribution in [-0.4, -0.2) is 4.92 Å². The van der Waals surface area contributed by atoms with Gasteiger partial charge in [-0.05, 0) is 17.7 Å². The van der Waals surface area contributed by atoms with Crippen LogP contribution in [0.3, 0.4) is 0 Å². The molecular weight excluding hydrogens is 311 g/mol. The van der Waals surface area contributed by atoms with E-state index in [1.807, 2.05) is 0 Å². The summed E-state index contributed by atoms with van der Waals surface area (Å²) in [7, 11) is 0. The molecule has 0 spiro atoms. The summed E-state index contributed by atoms with van der Waals surface area (Å²) >= 11 is 5.74. The molecule has 0 unspecified atom stereocenters. The van der Waals surface area contributed by atoms with E-state index in [1.54, 1.807) is 0 Å². The topological polar surface area (TPSA) is 52.4 Å². The number of nitro benzene ring substituents is 1. The molecule has 8 heteroatoms. The number of hydrogen-bond donors (Lipinski definition) is 0. The first-order valence-electron chi connectivity index (χ1n) is 5.58. The highest BCUT2D eigenvalue weighted by Crippen LogP contribution is 2.32. The number of hydrogen-bond acceptors (Lipinski definition) is 3. The second kappa shape index (κ2) is 6.01. The molecule has 0 heterocycles. The van der Waals surface area contributed by atoms with E-state index in [2.05, 4.69) is 0 Å². The molecule has 0 aliphatic heterocycles. The third-order valence-electron chi connectivity index (χ3n) is 2.58. The molecule has 0 atom stereocenters. The van der Waals surface area contributed by atoms with Crippen LogP contribution in [0.2, 0.25) is 5.02 Å². The van der Waals surface area contributed by atoms with E-state index in [9.17, 15) is 23.3 Å². The van der Waals surface area contributed by atoms with Crippen molar-refractivity contribution in [3.8, 4) is 5.75 Å². The van der Waals surface area contributed by atoms with Crippen LogP contribution in [0, 0.1) is 27.6 Å². The summed E-state index contributed by atoms with van der Waals surface area (Å²) in [6, 6.07) is 4.71. The summed E-state index contributed by atoms with van der Waals surface area (Å²) in [5.74, 6) is -3.29. The molecule has 0 aliphatic rings. The van der Waals surface area contributed by atoms with Gasteiger partial charge in [-0.3, -0.25) is 10.1 Å². The molecule has 0 saturated carbocycles. The molecule has 0 bridgehead atoms. The molecule has 0 amide bonds. The van der Waals surface area contributed by atoms with Gasteiger partial charge in [-0.25, -0.2) is 8.78 Å². The van der Waals surface area contributed by atoms with Crippen LogP contribution < -0.4 is 4.74 Å². The Bertz CT molecular complexity index is 709. The fourth-order valence-corrected chi connectivity index (χ4v) is 1.77. The van der Waals surface area contributed by atoms with Crippen molar-refractivity contribution in [3.63, 3.8) is 0 Å². The fraction of sp³-hybridized carbons (Fsp3) is 0.0769. The SMILES string of the molecule is O=[N+]([O-])c1cc(Cl)c(OCc2ccc(F)c(F)c2)cc1F. The Balaban J connectivity index is 2.18. The highest BCUT2D eigenvalue weighted by atomic mass is 35.5. The lowest BCUT2D eigenvalue weighted by Gasteiger charge is -2.08. The molecule has 110 valence electrons. The van der Waals surface area contributed by atoms with Crippen molar-refractivity contribution in [1.82, 2.24) is 0 Å². The van der Waals surface area contributed by atoms with Gasteiger partial charge in [0.25, 0.3) is 0 Å². The van der Waals surface area contributed by atoms with Crippen molar-refractivity contribution in [2.24, 2.45) is 0 Å². The summed E-state index contributed by atoms with van der Waals surface area (Å²) in [6.45, 7) is -0.200. The maximum absolute atomic E-state index is 13.4. The monoisotopic (exact) mass is 317 g/mol. The molecule has 0 N–H and O–H groups in total. The predicted molar refractivity (Wildman–Crippen MR) is 68.8 cm³/mol. The van der Waals surface area contributed by atoms with Crippen molar-refractivity contribution in [2.45, 2.75) is 6.61 Å². The van der Waals surface area contributed by atoms with Crippen LogP contribution in [-0.2, 0) is 6.61 Å². The van der Waals surface area contributed by atoms with E-state index in [-0.39, 0.29) is 17.4 Å². The number of nitrogens with zero attached hydrogens (tertiary/aromatic N) is 1. The number of rotatable bonds is 4. The summed E-state index contributed by atoms with van der Waals surface area (Å²) < 4.78 is 44.3. The van der Waals surface area contributed by atoms with E-state index in [0.717, 1.165) is 24.3 Å². The average Bonchev–Trinajstić information content (AvgIpc) is 2.42. The van der Waals surface area contributed by atoms with Crippen molar-refractivity contribution < 1.29 is 22.8 Å². The quantitative estimate of drug-likeness (QED) is 0.626. The molecule has 0 fully saturated rings. The molecule has 2 aromatic rings. The third-order valence-corrected chi connectivity index (χ3v) is 2.87.